The van der Waals surface area contributed by atoms with Crippen molar-refractivity contribution < 1.29 is 0 Å². The molecule has 0 radical (unpaired) electrons. The smallest absolute Gasteiger partial charge is 0.287 e. The van der Waals surface area contributed by atoms with Crippen molar-refractivity contribution in [3.63, 3.8) is 0 Å². The van der Waals surface area contributed by atoms with Crippen LogP contribution in [-0.4, -0.2) is 14.8 Å². The minimum atomic E-state index is -0.277. The normalized spacial score (nSPS) is 12.7. The van der Waals surface area contributed by atoms with Crippen molar-refractivity contribution in [2.45, 2.75) is 46.7 Å². The summed E-state index contributed by atoms with van der Waals surface area (Å²) >= 11 is 7.81. The van der Waals surface area contributed by atoms with Gasteiger partial charge in [0.2, 0.25) is 0 Å². The van der Waals surface area contributed by atoms with Crippen LogP contribution in [0.15, 0.2) is 11.0 Å². The topological polar surface area (TPSA) is 59.8 Å². The van der Waals surface area contributed by atoms with Crippen molar-refractivity contribution in [3.8, 4) is 0 Å². The largest absolute Gasteiger partial charge is 0.375 e. The zero-order valence-electron chi connectivity index (χ0n) is 12.8. The van der Waals surface area contributed by atoms with E-state index in [2.05, 4.69) is 15.4 Å². The molecule has 2 aromatic heterocycles. The second-order valence-corrected chi connectivity index (χ2v) is 6.88. The zero-order valence-corrected chi connectivity index (χ0v) is 14.3. The second-order valence-electron chi connectivity index (χ2n) is 5.26. The molecule has 0 saturated carbocycles. The van der Waals surface area contributed by atoms with Crippen molar-refractivity contribution in [2.75, 3.05) is 5.32 Å². The van der Waals surface area contributed by atoms with E-state index in [-0.39, 0.29) is 22.7 Å². The number of thiazole rings is 1. The Morgan fingerprint density at radius 2 is 2.00 bits per heavy atom. The van der Waals surface area contributed by atoms with Crippen LogP contribution in [0.2, 0.25) is 5.02 Å². The molecule has 2 heterocycles. The van der Waals surface area contributed by atoms with Gasteiger partial charge in [0.1, 0.15) is 5.02 Å². The molecule has 0 amide bonds. The third-order valence-corrected chi connectivity index (χ3v) is 4.76. The lowest BCUT2D eigenvalue weighted by molar-refractivity contribution is 0.503. The SMILES string of the molecule is Cc1nc(C)c(C(C)Nc2cnn(C(C)C)c(=O)c2Cl)s1. The number of hydrogen-bond donors (Lipinski definition) is 1. The van der Waals surface area contributed by atoms with Crippen LogP contribution in [0.25, 0.3) is 0 Å². The van der Waals surface area contributed by atoms with E-state index >= 15 is 0 Å². The van der Waals surface area contributed by atoms with Gasteiger partial charge >= 0.3 is 0 Å². The number of anilines is 1. The fourth-order valence-electron chi connectivity index (χ4n) is 2.16. The number of aromatic nitrogens is 3. The molecule has 0 aromatic carbocycles. The van der Waals surface area contributed by atoms with Gasteiger partial charge < -0.3 is 5.32 Å². The molecule has 114 valence electrons. The van der Waals surface area contributed by atoms with Gasteiger partial charge in [0.25, 0.3) is 5.56 Å². The third kappa shape index (κ3) is 3.27. The molecular formula is C14H19ClN4OS. The first kappa shape index (κ1) is 16.0. The first-order chi connectivity index (χ1) is 9.81. The lowest BCUT2D eigenvalue weighted by Gasteiger charge is -2.16. The highest BCUT2D eigenvalue weighted by atomic mass is 35.5. The average Bonchev–Trinajstić information content (AvgIpc) is 2.74. The summed E-state index contributed by atoms with van der Waals surface area (Å²) in [5, 5.41) is 8.60. The van der Waals surface area contributed by atoms with Gasteiger partial charge in [-0.25, -0.2) is 9.67 Å². The molecule has 1 unspecified atom stereocenters. The molecule has 0 aliphatic heterocycles. The predicted octanol–water partition coefficient (Wildman–Crippen LogP) is 3.72. The van der Waals surface area contributed by atoms with Gasteiger partial charge in [0, 0.05) is 4.88 Å². The van der Waals surface area contributed by atoms with Gasteiger partial charge in [-0.1, -0.05) is 11.6 Å². The highest BCUT2D eigenvalue weighted by molar-refractivity contribution is 7.11. The van der Waals surface area contributed by atoms with E-state index in [1.807, 2.05) is 34.6 Å². The van der Waals surface area contributed by atoms with Gasteiger partial charge in [-0.15, -0.1) is 11.3 Å². The molecule has 0 spiro atoms. The quantitative estimate of drug-likeness (QED) is 0.930. The van der Waals surface area contributed by atoms with Gasteiger partial charge in [0.05, 0.1) is 34.7 Å². The Kier molecular flexibility index (Phi) is 4.68. The van der Waals surface area contributed by atoms with Gasteiger partial charge in [0.15, 0.2) is 0 Å². The molecule has 0 saturated heterocycles. The number of hydrogen-bond acceptors (Lipinski definition) is 5. The molecule has 0 aliphatic rings. The summed E-state index contributed by atoms with van der Waals surface area (Å²) in [5.74, 6) is 0. The molecule has 2 aromatic rings. The third-order valence-electron chi connectivity index (χ3n) is 3.14. The van der Waals surface area contributed by atoms with Crippen molar-refractivity contribution in [1.82, 2.24) is 14.8 Å². The van der Waals surface area contributed by atoms with Crippen molar-refractivity contribution >= 4 is 28.6 Å². The Bertz CT molecular complexity index is 707. The summed E-state index contributed by atoms with van der Waals surface area (Å²) in [6.45, 7) is 9.76. The molecule has 21 heavy (non-hydrogen) atoms. The summed E-state index contributed by atoms with van der Waals surface area (Å²) in [5.41, 5.74) is 1.27. The molecule has 1 atom stereocenters. The number of rotatable bonds is 4. The van der Waals surface area contributed by atoms with Gasteiger partial charge in [-0.3, -0.25) is 4.79 Å². The van der Waals surface area contributed by atoms with Crippen LogP contribution in [0, 0.1) is 13.8 Å². The summed E-state index contributed by atoms with van der Waals surface area (Å²) in [6.07, 6.45) is 1.60. The Labute approximate surface area is 133 Å². The highest BCUT2D eigenvalue weighted by Gasteiger charge is 2.16. The molecular weight excluding hydrogens is 308 g/mol. The van der Waals surface area contributed by atoms with Crippen molar-refractivity contribution in [1.29, 1.82) is 0 Å². The van der Waals surface area contributed by atoms with E-state index in [4.69, 9.17) is 11.6 Å². The van der Waals surface area contributed by atoms with E-state index < -0.39 is 0 Å². The number of aryl methyl sites for hydroxylation is 2. The molecule has 0 fully saturated rings. The minimum Gasteiger partial charge on any atom is -0.375 e. The van der Waals surface area contributed by atoms with Gasteiger partial charge in [-0.2, -0.15) is 5.10 Å². The predicted molar refractivity (Wildman–Crippen MR) is 87.5 cm³/mol. The molecule has 7 heteroatoms. The Morgan fingerprint density at radius 1 is 1.33 bits per heavy atom. The monoisotopic (exact) mass is 326 g/mol. The number of nitrogens with one attached hydrogen (secondary N) is 1. The summed E-state index contributed by atoms with van der Waals surface area (Å²) in [7, 11) is 0. The van der Waals surface area contributed by atoms with Crippen molar-refractivity contribution in [2.24, 2.45) is 0 Å². The first-order valence-corrected chi connectivity index (χ1v) is 7.98. The van der Waals surface area contributed by atoms with Gasteiger partial charge in [-0.05, 0) is 34.6 Å². The van der Waals surface area contributed by atoms with Crippen LogP contribution in [0.5, 0.6) is 0 Å². The van der Waals surface area contributed by atoms with Crippen LogP contribution in [0.1, 0.15) is 48.4 Å². The maximum absolute atomic E-state index is 12.1. The van der Waals surface area contributed by atoms with Crippen LogP contribution < -0.4 is 10.9 Å². The maximum atomic E-state index is 12.1. The second kappa shape index (κ2) is 6.15. The molecule has 5 nitrogen and oxygen atoms in total. The average molecular weight is 327 g/mol. The van der Waals surface area contributed by atoms with Crippen LogP contribution in [-0.2, 0) is 0 Å². The van der Waals surface area contributed by atoms with E-state index in [1.54, 1.807) is 17.5 Å². The highest BCUT2D eigenvalue weighted by Crippen LogP contribution is 2.29. The summed E-state index contributed by atoms with van der Waals surface area (Å²) in [6, 6.07) is -0.00216. The standard InChI is InChI=1S/C14H19ClN4OS/c1-7(2)19-14(20)12(15)11(6-16-19)18-9(4)13-8(3)17-10(5)21-13/h6-7,9,18H,1-5H3. The maximum Gasteiger partial charge on any atom is 0.287 e. The van der Waals surface area contributed by atoms with Crippen LogP contribution >= 0.6 is 22.9 Å². The number of halogens is 1. The fraction of sp³-hybridized carbons (Fsp3) is 0.500. The molecule has 0 aliphatic carbocycles. The Morgan fingerprint density at radius 3 is 2.52 bits per heavy atom. The van der Waals surface area contributed by atoms with E-state index in [0.29, 0.717) is 5.69 Å². The minimum absolute atomic E-state index is 0.0183. The Balaban J connectivity index is 2.30. The Hall–Kier alpha value is -1.40. The molecule has 1 N–H and O–H groups in total. The lowest BCUT2D eigenvalue weighted by atomic mass is 10.2. The van der Waals surface area contributed by atoms with Crippen molar-refractivity contribution in [3.05, 3.63) is 37.2 Å². The van der Waals surface area contributed by atoms with E-state index in [9.17, 15) is 4.79 Å². The van der Waals surface area contributed by atoms with Crippen LogP contribution in [0.3, 0.4) is 0 Å². The molecule has 2 rings (SSSR count). The number of nitrogens with zero attached hydrogens (tertiary/aromatic N) is 3. The molecule has 0 bridgehead atoms. The summed E-state index contributed by atoms with van der Waals surface area (Å²) < 4.78 is 1.38. The van der Waals surface area contributed by atoms with E-state index in [0.717, 1.165) is 15.6 Å². The summed E-state index contributed by atoms with van der Waals surface area (Å²) in [4.78, 5) is 17.7. The lowest BCUT2D eigenvalue weighted by Crippen LogP contribution is -2.26. The zero-order chi connectivity index (χ0) is 15.7. The van der Waals surface area contributed by atoms with Crippen LogP contribution in [0.4, 0.5) is 5.69 Å². The first-order valence-electron chi connectivity index (χ1n) is 6.79. The van der Waals surface area contributed by atoms with E-state index in [1.165, 1.54) is 4.68 Å². The fourth-order valence-corrected chi connectivity index (χ4v) is 3.28.